The quantitative estimate of drug-likeness (QED) is 0.637. The first-order chi connectivity index (χ1) is 11.2. The normalized spacial score (nSPS) is 25.3. The summed E-state index contributed by atoms with van der Waals surface area (Å²) < 4.78 is 5.16. The van der Waals surface area contributed by atoms with Crippen molar-refractivity contribution in [2.75, 3.05) is 18.2 Å². The molecule has 0 spiro atoms. The van der Waals surface area contributed by atoms with Crippen molar-refractivity contribution >= 4 is 29.3 Å². The lowest BCUT2D eigenvalue weighted by molar-refractivity contribution is -0.148. The highest BCUT2D eigenvalue weighted by atomic mass is 32.2. The summed E-state index contributed by atoms with van der Waals surface area (Å²) in [4.78, 5) is 24.9. The molecule has 23 heavy (non-hydrogen) atoms. The number of carbonyl (C=O) groups is 2. The summed E-state index contributed by atoms with van der Waals surface area (Å²) >= 11 is 1.57. The molecule has 2 saturated carbocycles. The van der Waals surface area contributed by atoms with Crippen LogP contribution in [0.1, 0.15) is 32.1 Å². The molecule has 1 N–H and O–H groups in total. The number of hydrogen-bond donors (Lipinski definition) is 1. The van der Waals surface area contributed by atoms with Crippen molar-refractivity contribution in [1.29, 1.82) is 0 Å². The Bertz CT molecular complexity index is 589. The van der Waals surface area contributed by atoms with Gasteiger partial charge in [0.05, 0.1) is 5.69 Å². The summed E-state index contributed by atoms with van der Waals surface area (Å²) in [6.07, 6.45) is 7.45. The first-order valence-corrected chi connectivity index (χ1v) is 9.46. The van der Waals surface area contributed by atoms with Crippen LogP contribution in [0.3, 0.4) is 0 Å². The summed E-state index contributed by atoms with van der Waals surface area (Å²) in [7, 11) is 0. The predicted molar refractivity (Wildman–Crippen MR) is 91.4 cm³/mol. The van der Waals surface area contributed by atoms with Gasteiger partial charge in [-0.15, -0.1) is 11.8 Å². The highest BCUT2D eigenvalue weighted by molar-refractivity contribution is 7.98. The van der Waals surface area contributed by atoms with E-state index in [0.29, 0.717) is 18.3 Å². The average Bonchev–Trinajstić information content (AvgIpc) is 3.16. The molecule has 3 atom stereocenters. The minimum atomic E-state index is -0.284. The van der Waals surface area contributed by atoms with E-state index in [-0.39, 0.29) is 18.5 Å². The van der Waals surface area contributed by atoms with Crippen molar-refractivity contribution in [2.45, 2.75) is 37.0 Å². The SMILES string of the molecule is CSc1ccccc1NC(=O)COC(=O)C[C@@H]1C[C@H]2CC[C@@H]1C2. The summed E-state index contributed by atoms with van der Waals surface area (Å²) in [6.45, 7) is -0.206. The summed E-state index contributed by atoms with van der Waals surface area (Å²) in [5.41, 5.74) is 0.758. The molecular formula is C18H23NO3S. The van der Waals surface area contributed by atoms with Gasteiger partial charge in [0.2, 0.25) is 0 Å². The molecule has 0 aliphatic heterocycles. The Kier molecular flexibility index (Phi) is 5.26. The fourth-order valence-corrected chi connectivity index (χ4v) is 4.53. The molecule has 2 bridgehead atoms. The van der Waals surface area contributed by atoms with Gasteiger partial charge in [0.25, 0.3) is 5.91 Å². The number of hydrogen-bond acceptors (Lipinski definition) is 4. The Morgan fingerprint density at radius 2 is 2.09 bits per heavy atom. The fourth-order valence-electron chi connectivity index (χ4n) is 3.98. The van der Waals surface area contributed by atoms with Crippen LogP contribution in [0, 0.1) is 17.8 Å². The van der Waals surface area contributed by atoms with E-state index in [0.717, 1.165) is 22.9 Å². The van der Waals surface area contributed by atoms with Gasteiger partial charge in [-0.3, -0.25) is 9.59 Å². The zero-order valence-corrected chi connectivity index (χ0v) is 14.2. The zero-order chi connectivity index (χ0) is 16.2. The summed E-state index contributed by atoms with van der Waals surface area (Å²) in [5, 5.41) is 2.80. The Labute approximate surface area is 141 Å². The third-order valence-corrected chi connectivity index (χ3v) is 5.85. The Morgan fingerprint density at radius 1 is 1.26 bits per heavy atom. The highest BCUT2D eigenvalue weighted by Crippen LogP contribution is 2.49. The summed E-state index contributed by atoms with van der Waals surface area (Å²) in [5.74, 6) is 1.48. The van der Waals surface area contributed by atoms with Crippen LogP contribution in [0.25, 0.3) is 0 Å². The summed E-state index contributed by atoms with van der Waals surface area (Å²) in [6, 6.07) is 7.59. The van der Waals surface area contributed by atoms with E-state index in [2.05, 4.69) is 5.32 Å². The van der Waals surface area contributed by atoms with Gasteiger partial charge >= 0.3 is 5.97 Å². The molecule has 5 heteroatoms. The molecule has 2 fully saturated rings. The zero-order valence-electron chi connectivity index (χ0n) is 13.4. The van der Waals surface area contributed by atoms with Crippen LogP contribution in [0.15, 0.2) is 29.2 Å². The van der Waals surface area contributed by atoms with Crippen LogP contribution in [-0.4, -0.2) is 24.7 Å². The minimum absolute atomic E-state index is 0.206. The minimum Gasteiger partial charge on any atom is -0.456 e. The van der Waals surface area contributed by atoms with E-state index in [9.17, 15) is 9.59 Å². The van der Waals surface area contributed by atoms with E-state index in [1.807, 2.05) is 30.5 Å². The van der Waals surface area contributed by atoms with Gasteiger partial charge in [0.15, 0.2) is 6.61 Å². The molecule has 1 amide bonds. The maximum atomic E-state index is 12.0. The second-order valence-electron chi connectivity index (χ2n) is 6.55. The van der Waals surface area contributed by atoms with Crippen LogP contribution in [0.2, 0.25) is 0 Å². The maximum absolute atomic E-state index is 12.0. The number of thioether (sulfide) groups is 1. The third kappa shape index (κ3) is 4.08. The number of carbonyl (C=O) groups excluding carboxylic acids is 2. The number of fused-ring (bicyclic) bond motifs is 2. The van der Waals surface area contributed by atoms with E-state index in [1.165, 1.54) is 19.3 Å². The highest BCUT2D eigenvalue weighted by Gasteiger charge is 2.40. The molecule has 2 aliphatic carbocycles. The van der Waals surface area contributed by atoms with Gasteiger partial charge < -0.3 is 10.1 Å². The van der Waals surface area contributed by atoms with E-state index in [1.54, 1.807) is 11.8 Å². The third-order valence-electron chi connectivity index (χ3n) is 5.06. The first-order valence-electron chi connectivity index (χ1n) is 8.24. The lowest BCUT2D eigenvalue weighted by Crippen LogP contribution is -2.23. The predicted octanol–water partition coefficient (Wildman–Crippen LogP) is 3.72. The van der Waals surface area contributed by atoms with E-state index >= 15 is 0 Å². The monoisotopic (exact) mass is 333 g/mol. The molecule has 0 unspecified atom stereocenters. The molecule has 3 rings (SSSR count). The number of amides is 1. The fraction of sp³-hybridized carbons (Fsp3) is 0.556. The van der Waals surface area contributed by atoms with Crippen LogP contribution < -0.4 is 5.32 Å². The maximum Gasteiger partial charge on any atom is 0.306 e. The average molecular weight is 333 g/mol. The van der Waals surface area contributed by atoms with Crippen molar-refractivity contribution in [3.05, 3.63) is 24.3 Å². The van der Waals surface area contributed by atoms with E-state index < -0.39 is 0 Å². The molecule has 2 aliphatic rings. The van der Waals surface area contributed by atoms with Crippen molar-refractivity contribution in [3.63, 3.8) is 0 Å². The van der Waals surface area contributed by atoms with Gasteiger partial charge in [0.1, 0.15) is 0 Å². The molecule has 124 valence electrons. The number of benzene rings is 1. The lowest BCUT2D eigenvalue weighted by Gasteiger charge is -2.20. The van der Waals surface area contributed by atoms with Crippen molar-refractivity contribution in [1.82, 2.24) is 0 Å². The Balaban J connectivity index is 1.42. The molecule has 0 heterocycles. The molecule has 0 saturated heterocycles. The smallest absolute Gasteiger partial charge is 0.306 e. The number of anilines is 1. The van der Waals surface area contributed by atoms with Crippen LogP contribution in [0.5, 0.6) is 0 Å². The topological polar surface area (TPSA) is 55.4 Å². The molecule has 4 nitrogen and oxygen atoms in total. The van der Waals surface area contributed by atoms with E-state index in [4.69, 9.17) is 4.74 Å². The van der Waals surface area contributed by atoms with Crippen molar-refractivity contribution < 1.29 is 14.3 Å². The Hall–Kier alpha value is -1.49. The Morgan fingerprint density at radius 3 is 2.78 bits per heavy atom. The lowest BCUT2D eigenvalue weighted by atomic mass is 9.86. The number of rotatable bonds is 6. The largest absolute Gasteiger partial charge is 0.456 e. The molecule has 0 radical (unpaired) electrons. The van der Waals surface area contributed by atoms with Crippen molar-refractivity contribution in [2.24, 2.45) is 17.8 Å². The standard InChI is InChI=1S/C18H23NO3S/c1-23-16-5-3-2-4-15(16)19-17(20)11-22-18(21)10-14-9-12-6-7-13(14)8-12/h2-5,12-14H,6-11H2,1H3,(H,19,20)/t12-,13+,14-/m0/s1. The number of nitrogens with one attached hydrogen (secondary N) is 1. The van der Waals surface area contributed by atoms with Gasteiger partial charge in [-0.2, -0.15) is 0 Å². The number of ether oxygens (including phenoxy) is 1. The second-order valence-corrected chi connectivity index (χ2v) is 7.40. The van der Waals surface area contributed by atoms with Gasteiger partial charge in [-0.05, 0) is 55.4 Å². The molecular weight excluding hydrogens is 310 g/mol. The molecule has 1 aromatic carbocycles. The van der Waals surface area contributed by atoms with Gasteiger partial charge in [0, 0.05) is 11.3 Å². The number of esters is 1. The molecule has 0 aromatic heterocycles. The van der Waals surface area contributed by atoms with Crippen LogP contribution >= 0.6 is 11.8 Å². The van der Waals surface area contributed by atoms with Gasteiger partial charge in [-0.25, -0.2) is 0 Å². The van der Waals surface area contributed by atoms with Crippen LogP contribution in [-0.2, 0) is 14.3 Å². The molecule has 1 aromatic rings. The van der Waals surface area contributed by atoms with Crippen LogP contribution in [0.4, 0.5) is 5.69 Å². The van der Waals surface area contributed by atoms with Gasteiger partial charge in [-0.1, -0.05) is 18.6 Å². The second kappa shape index (κ2) is 7.39. The first kappa shape index (κ1) is 16.4. The number of para-hydroxylation sites is 1. The van der Waals surface area contributed by atoms with Crippen molar-refractivity contribution in [3.8, 4) is 0 Å².